The van der Waals surface area contributed by atoms with Crippen molar-refractivity contribution in [3.63, 3.8) is 0 Å². The average molecular weight is 254 g/mol. The summed E-state index contributed by atoms with van der Waals surface area (Å²) in [6.07, 6.45) is 4.45. The SMILES string of the molecule is CCCCCCn1nnc([N+](=O)[O-])c1C(C)(C)C. The van der Waals surface area contributed by atoms with E-state index < -0.39 is 4.92 Å². The number of hydrogen-bond donors (Lipinski definition) is 0. The second kappa shape index (κ2) is 5.93. The van der Waals surface area contributed by atoms with Crippen LogP contribution < -0.4 is 0 Å². The minimum Gasteiger partial charge on any atom is -0.358 e. The fraction of sp³-hybridized carbons (Fsp3) is 0.833. The lowest BCUT2D eigenvalue weighted by atomic mass is 9.91. The topological polar surface area (TPSA) is 73.8 Å². The predicted molar refractivity (Wildman–Crippen MR) is 69.5 cm³/mol. The van der Waals surface area contributed by atoms with Gasteiger partial charge in [-0.3, -0.25) is 0 Å². The maximum atomic E-state index is 10.9. The lowest BCUT2D eigenvalue weighted by Crippen LogP contribution is -2.20. The number of rotatable bonds is 6. The molecule has 6 nitrogen and oxygen atoms in total. The summed E-state index contributed by atoms with van der Waals surface area (Å²) >= 11 is 0. The molecule has 0 saturated carbocycles. The van der Waals surface area contributed by atoms with Gasteiger partial charge in [0.25, 0.3) is 0 Å². The largest absolute Gasteiger partial charge is 0.414 e. The molecule has 0 N–H and O–H groups in total. The first-order chi connectivity index (χ1) is 8.38. The zero-order chi connectivity index (χ0) is 13.8. The van der Waals surface area contributed by atoms with Gasteiger partial charge in [-0.15, -0.1) is 0 Å². The molecule has 1 heterocycles. The summed E-state index contributed by atoms with van der Waals surface area (Å²) in [4.78, 5) is 10.5. The van der Waals surface area contributed by atoms with E-state index in [-0.39, 0.29) is 11.2 Å². The molecule has 0 aliphatic heterocycles. The van der Waals surface area contributed by atoms with E-state index >= 15 is 0 Å². The normalized spacial score (nSPS) is 11.8. The van der Waals surface area contributed by atoms with Crippen LogP contribution in [-0.2, 0) is 12.0 Å². The molecule has 1 aromatic heterocycles. The van der Waals surface area contributed by atoms with Gasteiger partial charge in [-0.1, -0.05) is 47.0 Å². The summed E-state index contributed by atoms with van der Waals surface area (Å²) in [5, 5.41) is 18.6. The predicted octanol–water partition coefficient (Wildman–Crippen LogP) is 3.06. The van der Waals surface area contributed by atoms with Crippen LogP contribution in [0.1, 0.15) is 59.1 Å². The van der Waals surface area contributed by atoms with Gasteiger partial charge >= 0.3 is 5.82 Å². The smallest absolute Gasteiger partial charge is 0.358 e. The van der Waals surface area contributed by atoms with Crippen LogP contribution in [0, 0.1) is 10.1 Å². The molecular weight excluding hydrogens is 232 g/mol. The Morgan fingerprint density at radius 1 is 1.28 bits per heavy atom. The molecule has 0 saturated heterocycles. The summed E-state index contributed by atoms with van der Waals surface area (Å²) in [6.45, 7) is 8.69. The molecule has 1 aromatic rings. The van der Waals surface area contributed by atoms with E-state index in [0.29, 0.717) is 12.2 Å². The van der Waals surface area contributed by atoms with E-state index in [0.717, 1.165) is 12.8 Å². The Labute approximate surface area is 108 Å². The second-order valence-corrected chi connectivity index (χ2v) is 5.55. The first-order valence-corrected chi connectivity index (χ1v) is 6.46. The van der Waals surface area contributed by atoms with Crippen molar-refractivity contribution in [2.45, 2.75) is 65.3 Å². The standard InChI is InChI=1S/C12H22N4O2/c1-5-6-7-8-9-15-10(12(2,3)4)11(13-14-15)16(17)18/h5-9H2,1-4H3. The lowest BCUT2D eigenvalue weighted by molar-refractivity contribution is -0.390. The van der Waals surface area contributed by atoms with Crippen molar-refractivity contribution in [3.05, 3.63) is 15.8 Å². The number of nitrogens with zero attached hydrogens (tertiary/aromatic N) is 4. The second-order valence-electron chi connectivity index (χ2n) is 5.55. The van der Waals surface area contributed by atoms with E-state index in [2.05, 4.69) is 17.2 Å². The van der Waals surface area contributed by atoms with Crippen LogP contribution >= 0.6 is 0 Å². The van der Waals surface area contributed by atoms with Crippen molar-refractivity contribution in [1.29, 1.82) is 0 Å². The minimum atomic E-state index is -0.448. The molecule has 102 valence electrons. The highest BCUT2D eigenvalue weighted by atomic mass is 16.6. The Balaban J connectivity index is 2.88. The summed E-state index contributed by atoms with van der Waals surface area (Å²) in [5.41, 5.74) is 0.292. The van der Waals surface area contributed by atoms with E-state index in [9.17, 15) is 10.1 Å². The third-order valence-electron chi connectivity index (χ3n) is 2.82. The Hall–Kier alpha value is -1.46. The maximum Gasteiger partial charge on any atom is 0.414 e. The van der Waals surface area contributed by atoms with Crippen LogP contribution in [-0.4, -0.2) is 19.9 Å². The van der Waals surface area contributed by atoms with Gasteiger partial charge in [0.15, 0.2) is 0 Å². The fourth-order valence-corrected chi connectivity index (χ4v) is 1.99. The molecule has 0 bridgehead atoms. The summed E-state index contributed by atoms with van der Waals surface area (Å²) in [7, 11) is 0. The molecule has 0 fully saturated rings. The zero-order valence-electron chi connectivity index (χ0n) is 11.6. The van der Waals surface area contributed by atoms with E-state index in [1.807, 2.05) is 20.8 Å². The molecule has 0 aliphatic carbocycles. The number of aryl methyl sites for hydroxylation is 1. The minimum absolute atomic E-state index is 0.113. The molecule has 18 heavy (non-hydrogen) atoms. The molecule has 1 rings (SSSR count). The van der Waals surface area contributed by atoms with Gasteiger partial charge in [0.2, 0.25) is 0 Å². The highest BCUT2D eigenvalue weighted by Crippen LogP contribution is 2.29. The molecule has 0 unspecified atom stereocenters. The van der Waals surface area contributed by atoms with Crippen LogP contribution in [0.25, 0.3) is 0 Å². The monoisotopic (exact) mass is 254 g/mol. The zero-order valence-corrected chi connectivity index (χ0v) is 11.6. The average Bonchev–Trinajstić information content (AvgIpc) is 2.68. The van der Waals surface area contributed by atoms with E-state index in [1.165, 1.54) is 12.8 Å². The Bertz CT molecular complexity index is 407. The van der Waals surface area contributed by atoms with Gasteiger partial charge < -0.3 is 10.1 Å². The van der Waals surface area contributed by atoms with Crippen molar-refractivity contribution in [2.75, 3.05) is 0 Å². The molecule has 0 spiro atoms. The van der Waals surface area contributed by atoms with Crippen molar-refractivity contribution in [2.24, 2.45) is 0 Å². The fourth-order valence-electron chi connectivity index (χ4n) is 1.99. The molecule has 0 aromatic carbocycles. The van der Waals surface area contributed by atoms with Gasteiger partial charge in [0, 0.05) is 12.0 Å². The van der Waals surface area contributed by atoms with Gasteiger partial charge in [-0.2, -0.15) is 0 Å². The first-order valence-electron chi connectivity index (χ1n) is 6.46. The maximum absolute atomic E-state index is 10.9. The van der Waals surface area contributed by atoms with Gasteiger partial charge in [-0.05, 0) is 11.3 Å². The Kier molecular flexibility index (Phi) is 4.81. The highest BCUT2D eigenvalue weighted by molar-refractivity contribution is 5.31. The van der Waals surface area contributed by atoms with Crippen molar-refractivity contribution < 1.29 is 4.92 Å². The third-order valence-corrected chi connectivity index (χ3v) is 2.82. The van der Waals surface area contributed by atoms with Gasteiger partial charge in [0.05, 0.1) is 5.21 Å². The Morgan fingerprint density at radius 2 is 1.94 bits per heavy atom. The number of hydrogen-bond acceptors (Lipinski definition) is 4. The Morgan fingerprint density at radius 3 is 2.44 bits per heavy atom. The summed E-state index contributed by atoms with van der Waals surface area (Å²) in [5.74, 6) is -0.113. The first kappa shape index (κ1) is 14.6. The van der Waals surface area contributed by atoms with E-state index in [4.69, 9.17) is 0 Å². The number of nitro groups is 1. The van der Waals surface area contributed by atoms with Crippen LogP contribution in [0.4, 0.5) is 5.82 Å². The molecular formula is C12H22N4O2. The van der Waals surface area contributed by atoms with Crippen LogP contribution in [0.2, 0.25) is 0 Å². The quantitative estimate of drug-likeness (QED) is 0.444. The van der Waals surface area contributed by atoms with Crippen molar-refractivity contribution in [1.82, 2.24) is 15.0 Å². The van der Waals surface area contributed by atoms with Crippen LogP contribution in [0.3, 0.4) is 0 Å². The van der Waals surface area contributed by atoms with E-state index in [1.54, 1.807) is 4.68 Å². The van der Waals surface area contributed by atoms with Crippen LogP contribution in [0.5, 0.6) is 0 Å². The van der Waals surface area contributed by atoms with Crippen molar-refractivity contribution >= 4 is 5.82 Å². The van der Waals surface area contributed by atoms with Gasteiger partial charge in [-0.25, -0.2) is 4.68 Å². The molecule has 0 atom stereocenters. The third kappa shape index (κ3) is 3.51. The molecule has 0 aliphatic rings. The lowest BCUT2D eigenvalue weighted by Gasteiger charge is -2.18. The number of aromatic nitrogens is 3. The summed E-state index contributed by atoms with van der Waals surface area (Å²) in [6, 6.07) is 0. The molecule has 6 heteroatoms. The van der Waals surface area contributed by atoms with Crippen molar-refractivity contribution in [3.8, 4) is 0 Å². The van der Waals surface area contributed by atoms with Crippen LogP contribution in [0.15, 0.2) is 0 Å². The highest BCUT2D eigenvalue weighted by Gasteiger charge is 2.32. The van der Waals surface area contributed by atoms with Gasteiger partial charge in [0.1, 0.15) is 10.8 Å². The summed E-state index contributed by atoms with van der Waals surface area (Å²) < 4.78 is 1.69. The molecule has 0 amide bonds. The molecule has 0 radical (unpaired) electrons. The number of unbranched alkanes of at least 4 members (excludes halogenated alkanes) is 3.